The van der Waals surface area contributed by atoms with Gasteiger partial charge in [0.2, 0.25) is 0 Å². The maximum atomic E-state index is 12.5. The summed E-state index contributed by atoms with van der Waals surface area (Å²) in [7, 11) is 0. The number of esters is 2. The van der Waals surface area contributed by atoms with Crippen LogP contribution in [0.3, 0.4) is 0 Å². The van der Waals surface area contributed by atoms with Crippen molar-refractivity contribution in [1.29, 1.82) is 0 Å². The summed E-state index contributed by atoms with van der Waals surface area (Å²) < 4.78 is 11.5. The Hall–Kier alpha value is -1.65. The zero-order chi connectivity index (χ0) is 21.8. The Labute approximate surface area is 179 Å². The highest BCUT2D eigenvalue weighted by Crippen LogP contribution is 2.67. The smallest absolute Gasteiger partial charge is 0.302 e. The first-order valence-corrected chi connectivity index (χ1v) is 11.6. The third-order valence-electron chi connectivity index (χ3n) is 9.30. The molecule has 0 radical (unpaired) electrons. The van der Waals surface area contributed by atoms with Gasteiger partial charge in [-0.3, -0.25) is 14.4 Å². The predicted molar refractivity (Wildman–Crippen MR) is 112 cm³/mol. The number of Topliss-reactive ketones (excluding diaryl/α,β-unsaturated/α-hetero) is 1. The van der Waals surface area contributed by atoms with Crippen molar-refractivity contribution in [3.8, 4) is 0 Å². The lowest BCUT2D eigenvalue weighted by atomic mass is 9.44. The molecule has 4 aliphatic rings. The molecule has 3 saturated carbocycles. The number of ether oxygens (including phenoxy) is 2. The first-order chi connectivity index (χ1) is 14.1. The average Bonchev–Trinajstić information content (AvgIpc) is 3.01. The molecule has 4 aliphatic carbocycles. The van der Waals surface area contributed by atoms with Crippen molar-refractivity contribution in [3.63, 3.8) is 0 Å². The summed E-state index contributed by atoms with van der Waals surface area (Å²) in [5.41, 5.74) is 0.651. The molecule has 0 aromatic carbocycles. The Morgan fingerprint density at radius 2 is 1.63 bits per heavy atom. The van der Waals surface area contributed by atoms with Crippen LogP contribution in [0, 0.1) is 34.5 Å². The Balaban J connectivity index is 1.64. The molecule has 0 bridgehead atoms. The van der Waals surface area contributed by atoms with Crippen LogP contribution < -0.4 is 0 Å². The number of carbonyl (C=O) groups is 3. The van der Waals surface area contributed by atoms with E-state index in [1.54, 1.807) is 6.92 Å². The van der Waals surface area contributed by atoms with Gasteiger partial charge < -0.3 is 9.47 Å². The van der Waals surface area contributed by atoms with E-state index in [2.05, 4.69) is 19.9 Å². The summed E-state index contributed by atoms with van der Waals surface area (Å²) in [5, 5.41) is 0. The molecule has 0 unspecified atom stereocenters. The molecule has 0 saturated heterocycles. The van der Waals surface area contributed by atoms with Gasteiger partial charge in [0.25, 0.3) is 0 Å². The van der Waals surface area contributed by atoms with Gasteiger partial charge in [0, 0.05) is 24.8 Å². The van der Waals surface area contributed by atoms with E-state index in [0.717, 1.165) is 50.5 Å². The van der Waals surface area contributed by atoms with Gasteiger partial charge >= 0.3 is 11.9 Å². The second kappa shape index (κ2) is 7.49. The van der Waals surface area contributed by atoms with Crippen LogP contribution in [-0.2, 0) is 23.9 Å². The fourth-order valence-corrected chi connectivity index (χ4v) is 7.98. The van der Waals surface area contributed by atoms with Crippen LogP contribution in [0.1, 0.15) is 79.6 Å². The van der Waals surface area contributed by atoms with Crippen LogP contribution in [-0.4, -0.2) is 29.9 Å². The third kappa shape index (κ3) is 3.23. The summed E-state index contributed by atoms with van der Waals surface area (Å²) >= 11 is 0. The molecule has 0 aromatic rings. The fraction of sp³-hybridized carbons (Fsp3) is 0.800. The van der Waals surface area contributed by atoms with Crippen molar-refractivity contribution >= 4 is 17.7 Å². The summed E-state index contributed by atoms with van der Waals surface area (Å²) in [4.78, 5) is 35.9. The molecule has 3 fully saturated rings. The maximum absolute atomic E-state index is 12.5. The second-order valence-corrected chi connectivity index (χ2v) is 10.7. The number of carbonyl (C=O) groups excluding carboxylic acids is 3. The summed E-state index contributed by atoms with van der Waals surface area (Å²) in [5.74, 6) is 1.55. The van der Waals surface area contributed by atoms with Crippen LogP contribution >= 0.6 is 0 Å². The van der Waals surface area contributed by atoms with Crippen molar-refractivity contribution in [2.24, 2.45) is 34.5 Å². The van der Waals surface area contributed by atoms with Crippen molar-refractivity contribution in [2.75, 3.05) is 0 Å². The zero-order valence-electron chi connectivity index (χ0n) is 19.0. The molecule has 4 rings (SSSR count). The van der Waals surface area contributed by atoms with Crippen LogP contribution in [0.2, 0.25) is 0 Å². The Bertz CT molecular complexity index is 784. The van der Waals surface area contributed by atoms with Gasteiger partial charge in [-0.05, 0) is 81.0 Å². The number of fused-ring (bicyclic) bond motifs is 5. The molecule has 0 aromatic heterocycles. The van der Waals surface area contributed by atoms with E-state index in [1.807, 2.05) is 0 Å². The van der Waals surface area contributed by atoms with Gasteiger partial charge in [-0.15, -0.1) is 0 Å². The van der Waals surface area contributed by atoms with Crippen LogP contribution in [0.25, 0.3) is 0 Å². The minimum Gasteiger partial charge on any atom is -0.463 e. The van der Waals surface area contributed by atoms with Crippen molar-refractivity contribution in [2.45, 2.75) is 91.8 Å². The molecular weight excluding hydrogens is 380 g/mol. The molecule has 0 N–H and O–H groups in total. The number of ketones is 1. The normalized spacial score (nSPS) is 44.8. The molecule has 5 nitrogen and oxygen atoms in total. The molecule has 8 atom stereocenters. The van der Waals surface area contributed by atoms with E-state index in [-0.39, 0.29) is 40.8 Å². The molecule has 5 heteroatoms. The van der Waals surface area contributed by atoms with Crippen molar-refractivity contribution in [1.82, 2.24) is 0 Å². The first kappa shape index (κ1) is 21.6. The highest BCUT2D eigenvalue weighted by atomic mass is 16.5. The van der Waals surface area contributed by atoms with E-state index < -0.39 is 0 Å². The lowest BCUT2D eigenvalue weighted by Crippen LogP contribution is -2.59. The predicted octanol–water partition coefficient (Wildman–Crippen LogP) is 4.63. The summed E-state index contributed by atoms with van der Waals surface area (Å²) in [6.45, 7) is 9.20. The minimum atomic E-state index is -0.378. The number of rotatable bonds is 3. The average molecular weight is 417 g/mol. The van der Waals surface area contributed by atoms with Gasteiger partial charge in [-0.25, -0.2) is 0 Å². The SMILES string of the molecule is CC(=O)O[C@@H]1CC[C@@]2(C)[C@@H](CC[C@@H]3[C@H]2C[C@H](OC(C)=O)[C@]2(C)C(C(C)=O)=CC[C@@H]32)C1. The van der Waals surface area contributed by atoms with E-state index in [0.29, 0.717) is 23.7 Å². The minimum absolute atomic E-state index is 0.0349. The molecule has 0 heterocycles. The van der Waals surface area contributed by atoms with Gasteiger partial charge in [0.15, 0.2) is 5.78 Å². The van der Waals surface area contributed by atoms with E-state index in [4.69, 9.17) is 9.47 Å². The van der Waals surface area contributed by atoms with Gasteiger partial charge in [0.1, 0.15) is 12.2 Å². The first-order valence-electron chi connectivity index (χ1n) is 11.6. The van der Waals surface area contributed by atoms with E-state index in [1.165, 1.54) is 13.8 Å². The van der Waals surface area contributed by atoms with Crippen LogP contribution in [0.15, 0.2) is 11.6 Å². The van der Waals surface area contributed by atoms with Gasteiger partial charge in [-0.1, -0.05) is 19.9 Å². The maximum Gasteiger partial charge on any atom is 0.302 e. The summed E-state index contributed by atoms with van der Waals surface area (Å²) in [6, 6.07) is 0. The topological polar surface area (TPSA) is 69.7 Å². The lowest BCUT2D eigenvalue weighted by Gasteiger charge is -2.62. The Kier molecular flexibility index (Phi) is 5.39. The van der Waals surface area contributed by atoms with Crippen LogP contribution in [0.4, 0.5) is 0 Å². The molecule has 0 spiro atoms. The molecule has 30 heavy (non-hydrogen) atoms. The fourth-order valence-electron chi connectivity index (χ4n) is 7.98. The molecule has 166 valence electrons. The van der Waals surface area contributed by atoms with Crippen molar-refractivity contribution in [3.05, 3.63) is 11.6 Å². The molecule has 0 amide bonds. The lowest BCUT2D eigenvalue weighted by molar-refractivity contribution is -0.185. The summed E-state index contributed by atoms with van der Waals surface area (Å²) in [6.07, 6.45) is 8.82. The Morgan fingerprint density at radius 1 is 0.933 bits per heavy atom. The number of allylic oxidation sites excluding steroid dienone is 1. The van der Waals surface area contributed by atoms with E-state index in [9.17, 15) is 14.4 Å². The quantitative estimate of drug-likeness (QED) is 0.628. The van der Waals surface area contributed by atoms with Gasteiger partial charge in [-0.2, -0.15) is 0 Å². The van der Waals surface area contributed by atoms with Crippen molar-refractivity contribution < 1.29 is 23.9 Å². The Morgan fingerprint density at radius 3 is 2.27 bits per heavy atom. The molecule has 0 aliphatic heterocycles. The molecular formula is C25H36O5. The van der Waals surface area contributed by atoms with E-state index >= 15 is 0 Å². The highest BCUT2D eigenvalue weighted by Gasteiger charge is 2.63. The third-order valence-corrected chi connectivity index (χ3v) is 9.30. The van der Waals surface area contributed by atoms with Crippen LogP contribution in [0.5, 0.6) is 0 Å². The monoisotopic (exact) mass is 416 g/mol. The number of hydrogen-bond donors (Lipinski definition) is 0. The second-order valence-electron chi connectivity index (χ2n) is 10.7. The highest BCUT2D eigenvalue weighted by molar-refractivity contribution is 5.95. The standard InChI is InChI=1S/C25H36O5/c1-14(26)20-8-9-21-19-7-6-17-12-18(29-15(2)27)10-11-24(17,4)22(19)13-23(25(20,21)5)30-16(3)28/h8,17-19,21-23H,6-7,9-13H2,1-5H3/t17-,18+,19-,21-,22+,23-,24-,25+/m0/s1. The zero-order valence-corrected chi connectivity index (χ0v) is 19.0. The number of hydrogen-bond acceptors (Lipinski definition) is 5. The largest absolute Gasteiger partial charge is 0.463 e. The van der Waals surface area contributed by atoms with Gasteiger partial charge in [0.05, 0.1) is 0 Å².